The molecule has 0 fully saturated rings. The van der Waals surface area contributed by atoms with E-state index in [2.05, 4.69) is 265 Å². The number of para-hydroxylation sites is 4. The monoisotopic (exact) mass is 1320 g/mol. The van der Waals surface area contributed by atoms with Gasteiger partial charge in [0.1, 0.15) is 0 Å². The van der Waals surface area contributed by atoms with Crippen LogP contribution in [0.15, 0.2) is 352 Å². The van der Waals surface area contributed by atoms with Gasteiger partial charge in [0, 0.05) is 72.4 Å². The van der Waals surface area contributed by atoms with Crippen LogP contribution in [0.4, 0.5) is 0 Å². The predicted molar refractivity (Wildman–Crippen MR) is 423 cm³/mol. The van der Waals surface area contributed by atoms with E-state index in [1.165, 1.54) is 60.9 Å². The Kier molecular flexibility index (Phi) is 13.4. The van der Waals surface area contributed by atoms with Gasteiger partial charge in [-0.05, 0) is 125 Å². The number of hydrogen-bond acceptors (Lipinski definition) is 7. The summed E-state index contributed by atoms with van der Waals surface area (Å²) in [7, 11) is 0. The average Bonchev–Trinajstić information content (AvgIpc) is 1.48. The van der Waals surface area contributed by atoms with Crippen LogP contribution in [0, 0.1) is 0 Å². The molecule has 21 rings (SSSR count). The van der Waals surface area contributed by atoms with Crippen molar-refractivity contribution in [1.82, 2.24) is 39.5 Å². The van der Waals surface area contributed by atoms with E-state index in [0.717, 1.165) is 110 Å². The van der Waals surface area contributed by atoms with Crippen LogP contribution in [0.1, 0.15) is 22.3 Å². The largest absolute Gasteiger partial charge is 0.309 e. The highest BCUT2D eigenvalue weighted by Crippen LogP contribution is 2.62. The molecular weight excluding hydrogens is 1270 g/mol. The van der Waals surface area contributed by atoms with E-state index in [0.29, 0.717) is 34.9 Å². The summed E-state index contributed by atoms with van der Waals surface area (Å²) in [4.78, 5) is 36.7. The molecule has 4 aromatic heterocycles. The molecule has 2 aliphatic rings. The minimum atomic E-state index is -0.637. The fourth-order valence-corrected chi connectivity index (χ4v) is 16.7. The second-order valence-electron chi connectivity index (χ2n) is 27.0. The second kappa shape index (κ2) is 23.6. The van der Waals surface area contributed by atoms with Crippen LogP contribution in [0.5, 0.6) is 0 Å². The molecule has 0 saturated carbocycles. The zero-order valence-corrected chi connectivity index (χ0v) is 56.1. The molecule has 0 bridgehead atoms. The first-order chi connectivity index (χ1) is 51.6. The molecule has 104 heavy (non-hydrogen) atoms. The summed E-state index contributed by atoms with van der Waals surface area (Å²) in [6, 6.07) is 124. The fourth-order valence-electron chi connectivity index (χ4n) is 16.7. The minimum absolute atomic E-state index is 0.577. The Balaban J connectivity index is 0.696. The van der Waals surface area contributed by atoms with E-state index in [1.807, 2.05) is 91.1 Å². The van der Waals surface area contributed by atoms with E-state index >= 15 is 0 Å². The van der Waals surface area contributed by atoms with Gasteiger partial charge in [0.2, 0.25) is 0 Å². The number of aromatic nitrogens is 8. The van der Waals surface area contributed by atoms with Crippen LogP contribution < -0.4 is 0 Å². The zero-order chi connectivity index (χ0) is 68.4. The Morgan fingerprint density at radius 3 is 1.40 bits per heavy atom. The Hall–Kier alpha value is -14.0. The third kappa shape index (κ3) is 9.22. The SMILES string of the molecule is c1ccc(-c2nc(-c3ccc(-c4ccc5c(-c6ccc(-c7cccc8cccnc78)cc6)c(-c6nc(-c7ccccc7)nc(-c7ccccc7)n6)ccc5c4)cc3)nc(-c3ccc4ccccc4c3-c3ccc4c(c3)C3(c5ccccc5-4)c4ccccc4-n4c5ccccc5c5cccc3c54)n2)cc1. The maximum absolute atomic E-state index is 5.54. The fraction of sp³-hybridized carbons (Fsp3) is 0.0104. The van der Waals surface area contributed by atoms with Gasteiger partial charge in [-0.2, -0.15) is 0 Å². The molecule has 5 heterocycles. The molecule has 1 unspecified atom stereocenters. The second-order valence-corrected chi connectivity index (χ2v) is 27.0. The maximum atomic E-state index is 5.54. The third-order valence-corrected chi connectivity index (χ3v) is 21.4. The van der Waals surface area contributed by atoms with Crippen molar-refractivity contribution in [2.24, 2.45) is 0 Å². The quantitative estimate of drug-likeness (QED) is 0.135. The molecule has 1 spiro atoms. The molecule has 0 radical (unpaired) electrons. The summed E-state index contributed by atoms with van der Waals surface area (Å²) in [5.74, 6) is 3.55. The summed E-state index contributed by atoms with van der Waals surface area (Å²) in [5.41, 5.74) is 25.4. The van der Waals surface area contributed by atoms with Crippen molar-refractivity contribution in [3.63, 3.8) is 0 Å². The van der Waals surface area contributed by atoms with Gasteiger partial charge in [-0.25, -0.2) is 29.9 Å². The molecule has 8 nitrogen and oxygen atoms in total. The number of pyridine rings is 1. The molecule has 0 amide bonds. The van der Waals surface area contributed by atoms with Gasteiger partial charge in [-0.1, -0.05) is 303 Å². The Bertz CT molecular complexity index is 6650. The highest BCUT2D eigenvalue weighted by atomic mass is 15.0. The van der Waals surface area contributed by atoms with Crippen molar-refractivity contribution in [1.29, 1.82) is 0 Å². The number of nitrogens with zero attached hydrogens (tertiary/aromatic N) is 8. The number of hydrogen-bond donors (Lipinski definition) is 0. The maximum Gasteiger partial charge on any atom is 0.164 e. The van der Waals surface area contributed by atoms with Crippen molar-refractivity contribution in [2.75, 3.05) is 0 Å². The Morgan fingerprint density at radius 1 is 0.231 bits per heavy atom. The topological polar surface area (TPSA) is 95.2 Å². The molecule has 0 N–H and O–H groups in total. The molecule has 8 heteroatoms. The highest BCUT2D eigenvalue weighted by Gasteiger charge is 2.51. The first-order valence-corrected chi connectivity index (χ1v) is 35.3. The molecule has 0 saturated heterocycles. The van der Waals surface area contributed by atoms with Crippen molar-refractivity contribution >= 4 is 54.3 Å². The predicted octanol–water partition coefficient (Wildman–Crippen LogP) is 23.4. The number of fused-ring (bicyclic) bond motifs is 15. The molecular formula is C96H58N8. The average molecular weight is 1320 g/mol. The Labute approximate surface area is 599 Å². The van der Waals surface area contributed by atoms with E-state index in [1.54, 1.807) is 0 Å². The number of benzene rings is 15. The normalized spacial score (nSPS) is 13.4. The van der Waals surface area contributed by atoms with Crippen molar-refractivity contribution in [3.8, 4) is 130 Å². The summed E-state index contributed by atoms with van der Waals surface area (Å²) in [6.07, 6.45) is 1.86. The van der Waals surface area contributed by atoms with Crippen molar-refractivity contribution in [2.45, 2.75) is 5.41 Å². The molecule has 482 valence electrons. The first kappa shape index (κ1) is 59.0. The molecule has 1 aliphatic carbocycles. The standard InChI is InChI=1S/C96H58N8/c1-4-22-64(23-5-1)90-98-91(65-24-6-2-7-25-65)101-94(100-90)78-55-50-69-57-68(49-52-72(69)86(78)62-44-42-61(43-45-62)73-33-18-28-63-29-20-56-97-88(63)73)59-40-46-67(47-41-59)93-99-92(66-26-8-3-9-27-66)102-95(103-93)79-54-48-60-21-10-11-30-71(60)87(79)70-51-53-75-74-31-12-14-35-80(74)96(83(75)58-70)81-36-15-17-39-85(81)104-84-38-16-13-32-76(84)77-34-19-37-82(96)89(77)104/h1-58H. The van der Waals surface area contributed by atoms with Crippen LogP contribution in [0.3, 0.4) is 0 Å². The van der Waals surface area contributed by atoms with Gasteiger partial charge in [0.15, 0.2) is 34.9 Å². The van der Waals surface area contributed by atoms with Crippen molar-refractivity contribution in [3.05, 3.63) is 374 Å². The first-order valence-electron chi connectivity index (χ1n) is 35.3. The minimum Gasteiger partial charge on any atom is -0.309 e. The summed E-state index contributed by atoms with van der Waals surface area (Å²) in [5, 5.41) is 7.97. The van der Waals surface area contributed by atoms with E-state index in [9.17, 15) is 0 Å². The van der Waals surface area contributed by atoms with Crippen LogP contribution in [-0.4, -0.2) is 39.5 Å². The lowest BCUT2D eigenvalue weighted by molar-refractivity contribution is 0.749. The van der Waals surface area contributed by atoms with Crippen LogP contribution in [0.2, 0.25) is 0 Å². The summed E-state index contributed by atoms with van der Waals surface area (Å²) >= 11 is 0. The molecule has 15 aromatic carbocycles. The molecule has 1 aliphatic heterocycles. The van der Waals surface area contributed by atoms with Gasteiger partial charge < -0.3 is 4.57 Å². The van der Waals surface area contributed by atoms with Crippen molar-refractivity contribution < 1.29 is 0 Å². The molecule has 1 atom stereocenters. The van der Waals surface area contributed by atoms with Crippen LogP contribution in [0.25, 0.3) is 184 Å². The van der Waals surface area contributed by atoms with E-state index < -0.39 is 5.41 Å². The van der Waals surface area contributed by atoms with E-state index in [-0.39, 0.29) is 0 Å². The van der Waals surface area contributed by atoms with Gasteiger partial charge in [0.25, 0.3) is 0 Å². The third-order valence-electron chi connectivity index (χ3n) is 21.4. The lowest BCUT2D eigenvalue weighted by Gasteiger charge is -2.39. The Morgan fingerprint density at radius 2 is 0.692 bits per heavy atom. The lowest BCUT2D eigenvalue weighted by atomic mass is 9.65. The zero-order valence-electron chi connectivity index (χ0n) is 56.1. The van der Waals surface area contributed by atoms with Gasteiger partial charge >= 0.3 is 0 Å². The van der Waals surface area contributed by atoms with Gasteiger partial charge in [-0.3, -0.25) is 4.98 Å². The van der Waals surface area contributed by atoms with E-state index in [4.69, 9.17) is 34.9 Å². The molecule has 19 aromatic rings. The smallest absolute Gasteiger partial charge is 0.164 e. The van der Waals surface area contributed by atoms with Crippen LogP contribution in [-0.2, 0) is 5.41 Å². The van der Waals surface area contributed by atoms with Crippen LogP contribution >= 0.6 is 0 Å². The van der Waals surface area contributed by atoms with Gasteiger partial charge in [-0.15, -0.1) is 0 Å². The lowest BCUT2D eigenvalue weighted by Crippen LogP contribution is -2.33. The summed E-state index contributed by atoms with van der Waals surface area (Å²) < 4.78 is 2.51. The number of rotatable bonds is 10. The van der Waals surface area contributed by atoms with Gasteiger partial charge in [0.05, 0.1) is 27.7 Å². The summed E-state index contributed by atoms with van der Waals surface area (Å²) in [6.45, 7) is 0. The highest BCUT2D eigenvalue weighted by molar-refractivity contribution is 6.14.